The molecule has 0 radical (unpaired) electrons. The number of piperidine rings is 1. The molecule has 1 unspecified atom stereocenters. The van der Waals surface area contributed by atoms with Crippen LogP contribution in [0.4, 0.5) is 0 Å². The molecule has 1 saturated heterocycles. The van der Waals surface area contributed by atoms with Gasteiger partial charge in [-0.05, 0) is 18.3 Å². The van der Waals surface area contributed by atoms with Crippen molar-refractivity contribution in [2.45, 2.75) is 53.0 Å². The number of amides is 2. The second kappa shape index (κ2) is 6.91. The van der Waals surface area contributed by atoms with Gasteiger partial charge in [-0.25, -0.2) is 0 Å². The highest BCUT2D eigenvalue weighted by atomic mass is 16.4. The molecule has 0 aromatic carbocycles. The summed E-state index contributed by atoms with van der Waals surface area (Å²) in [4.78, 5) is 36.2. The van der Waals surface area contributed by atoms with Crippen molar-refractivity contribution in [2.24, 2.45) is 11.3 Å². The summed E-state index contributed by atoms with van der Waals surface area (Å²) in [6.45, 7) is 8.46. The summed E-state index contributed by atoms with van der Waals surface area (Å²) >= 11 is 0. The molecule has 1 fully saturated rings. The van der Waals surface area contributed by atoms with E-state index in [0.29, 0.717) is 25.9 Å². The van der Waals surface area contributed by atoms with Crippen LogP contribution < -0.4 is 5.32 Å². The highest BCUT2D eigenvalue weighted by molar-refractivity contribution is 5.80. The van der Waals surface area contributed by atoms with Crippen LogP contribution in [0.5, 0.6) is 0 Å². The maximum atomic E-state index is 12.3. The smallest absolute Gasteiger partial charge is 0.305 e. The number of carboxylic acids is 1. The predicted molar refractivity (Wildman–Crippen MR) is 78.6 cm³/mol. The maximum absolute atomic E-state index is 12.3. The lowest BCUT2D eigenvalue weighted by atomic mass is 9.84. The van der Waals surface area contributed by atoms with Gasteiger partial charge in [-0.2, -0.15) is 0 Å². The minimum absolute atomic E-state index is 0.0345. The van der Waals surface area contributed by atoms with Gasteiger partial charge in [0, 0.05) is 32.0 Å². The average Bonchev–Trinajstić information content (AvgIpc) is 2.36. The van der Waals surface area contributed by atoms with Gasteiger partial charge >= 0.3 is 5.97 Å². The number of carbonyl (C=O) groups excluding carboxylic acids is 2. The first-order valence-electron chi connectivity index (χ1n) is 7.39. The third-order valence-corrected chi connectivity index (χ3v) is 4.05. The van der Waals surface area contributed by atoms with Gasteiger partial charge in [0.2, 0.25) is 11.8 Å². The van der Waals surface area contributed by atoms with E-state index >= 15 is 0 Å². The molecule has 6 heteroatoms. The van der Waals surface area contributed by atoms with Gasteiger partial charge in [-0.1, -0.05) is 20.8 Å². The van der Waals surface area contributed by atoms with Crippen LogP contribution >= 0.6 is 0 Å². The monoisotopic (exact) mass is 298 g/mol. The van der Waals surface area contributed by atoms with Crippen LogP contribution in [0, 0.1) is 11.3 Å². The quantitative estimate of drug-likeness (QED) is 0.818. The summed E-state index contributed by atoms with van der Waals surface area (Å²) in [6.07, 6.45) is 1.19. The molecule has 21 heavy (non-hydrogen) atoms. The summed E-state index contributed by atoms with van der Waals surface area (Å²) in [5.41, 5.74) is -0.311. The van der Waals surface area contributed by atoms with Crippen molar-refractivity contribution in [1.82, 2.24) is 10.2 Å². The van der Waals surface area contributed by atoms with Gasteiger partial charge in [0.25, 0.3) is 0 Å². The highest BCUT2D eigenvalue weighted by Gasteiger charge is 2.32. The second-order valence-electron chi connectivity index (χ2n) is 6.81. The van der Waals surface area contributed by atoms with Gasteiger partial charge in [-0.3, -0.25) is 14.4 Å². The summed E-state index contributed by atoms with van der Waals surface area (Å²) < 4.78 is 0. The van der Waals surface area contributed by atoms with Crippen LogP contribution in [0.2, 0.25) is 0 Å². The fourth-order valence-electron chi connectivity index (χ4n) is 2.49. The third kappa shape index (κ3) is 5.36. The molecule has 1 aliphatic heterocycles. The fourth-order valence-corrected chi connectivity index (χ4v) is 2.49. The van der Waals surface area contributed by atoms with E-state index in [4.69, 9.17) is 5.11 Å². The SMILES string of the molecule is CC(=O)N1CCC(C(=O)NC(CC(=O)O)C(C)(C)C)CC1. The molecule has 1 aliphatic rings. The zero-order valence-electron chi connectivity index (χ0n) is 13.3. The standard InChI is InChI=1S/C15H26N2O4/c1-10(18)17-7-5-11(6-8-17)14(21)16-12(9-13(19)20)15(2,3)4/h11-12H,5-9H2,1-4H3,(H,16,21)(H,19,20). The molecule has 6 nitrogen and oxygen atoms in total. The van der Waals surface area contributed by atoms with Gasteiger partial charge in [-0.15, -0.1) is 0 Å². The molecule has 0 saturated carbocycles. The van der Waals surface area contributed by atoms with Crippen LogP contribution in [0.3, 0.4) is 0 Å². The van der Waals surface area contributed by atoms with E-state index in [1.165, 1.54) is 6.92 Å². The van der Waals surface area contributed by atoms with E-state index < -0.39 is 12.0 Å². The number of hydrogen-bond donors (Lipinski definition) is 2. The van der Waals surface area contributed by atoms with Crippen LogP contribution in [0.25, 0.3) is 0 Å². The number of hydrogen-bond acceptors (Lipinski definition) is 3. The Morgan fingerprint density at radius 2 is 1.76 bits per heavy atom. The zero-order chi connectivity index (χ0) is 16.2. The molecule has 2 amide bonds. The van der Waals surface area contributed by atoms with Gasteiger partial charge in [0.05, 0.1) is 6.42 Å². The molecular formula is C15H26N2O4. The molecule has 1 rings (SSSR count). The molecule has 0 aromatic heterocycles. The Morgan fingerprint density at radius 3 is 2.14 bits per heavy atom. The summed E-state index contributed by atoms with van der Waals surface area (Å²) in [7, 11) is 0. The van der Waals surface area contributed by atoms with Crippen LogP contribution in [0.1, 0.15) is 47.0 Å². The molecule has 0 spiro atoms. The van der Waals surface area contributed by atoms with E-state index in [9.17, 15) is 14.4 Å². The summed E-state index contributed by atoms with van der Waals surface area (Å²) in [5.74, 6) is -1.12. The molecule has 0 bridgehead atoms. The molecule has 1 atom stereocenters. The van der Waals surface area contributed by atoms with Crippen LogP contribution in [-0.2, 0) is 14.4 Å². The molecular weight excluding hydrogens is 272 g/mol. The number of carboxylic acid groups (broad SMARTS) is 1. The Morgan fingerprint density at radius 1 is 1.24 bits per heavy atom. The third-order valence-electron chi connectivity index (χ3n) is 4.05. The Labute approximate surface area is 125 Å². The van der Waals surface area contributed by atoms with E-state index in [2.05, 4.69) is 5.32 Å². The van der Waals surface area contributed by atoms with Gasteiger partial charge in [0.1, 0.15) is 0 Å². The second-order valence-corrected chi connectivity index (χ2v) is 6.81. The lowest BCUT2D eigenvalue weighted by molar-refractivity contribution is -0.139. The lowest BCUT2D eigenvalue weighted by Crippen LogP contribution is -2.49. The van der Waals surface area contributed by atoms with Gasteiger partial charge in [0.15, 0.2) is 0 Å². The van der Waals surface area contributed by atoms with Gasteiger partial charge < -0.3 is 15.3 Å². The Kier molecular flexibility index (Phi) is 5.75. The molecule has 0 aromatic rings. The predicted octanol–water partition coefficient (Wildman–Crippen LogP) is 1.25. The number of likely N-dealkylation sites (tertiary alicyclic amines) is 1. The van der Waals surface area contributed by atoms with Crippen molar-refractivity contribution in [2.75, 3.05) is 13.1 Å². The number of rotatable bonds is 4. The molecule has 0 aliphatic carbocycles. The Hall–Kier alpha value is -1.59. The van der Waals surface area contributed by atoms with Crippen molar-refractivity contribution >= 4 is 17.8 Å². The van der Waals surface area contributed by atoms with Crippen molar-refractivity contribution < 1.29 is 19.5 Å². The van der Waals surface area contributed by atoms with E-state index in [1.54, 1.807) is 4.90 Å². The Bertz CT molecular complexity index is 406. The van der Waals surface area contributed by atoms with Crippen molar-refractivity contribution in [1.29, 1.82) is 0 Å². The van der Waals surface area contributed by atoms with Crippen molar-refractivity contribution in [3.05, 3.63) is 0 Å². The van der Waals surface area contributed by atoms with Crippen molar-refractivity contribution in [3.63, 3.8) is 0 Å². The Balaban J connectivity index is 2.59. The van der Waals surface area contributed by atoms with Crippen LogP contribution in [-0.4, -0.2) is 46.9 Å². The van der Waals surface area contributed by atoms with E-state index in [-0.39, 0.29) is 29.6 Å². The molecule has 2 N–H and O–H groups in total. The van der Waals surface area contributed by atoms with E-state index in [1.807, 2.05) is 20.8 Å². The maximum Gasteiger partial charge on any atom is 0.305 e. The normalized spacial score (nSPS) is 18.2. The number of nitrogens with zero attached hydrogens (tertiary/aromatic N) is 1. The first kappa shape index (κ1) is 17.5. The summed E-state index contributed by atoms with van der Waals surface area (Å²) in [6, 6.07) is -0.395. The number of nitrogens with one attached hydrogen (secondary N) is 1. The first-order valence-corrected chi connectivity index (χ1v) is 7.39. The first-order chi connectivity index (χ1) is 9.61. The zero-order valence-corrected chi connectivity index (χ0v) is 13.3. The number of carbonyl (C=O) groups is 3. The minimum Gasteiger partial charge on any atom is -0.481 e. The summed E-state index contributed by atoms with van der Waals surface area (Å²) in [5, 5.41) is 11.8. The average molecular weight is 298 g/mol. The number of aliphatic carboxylic acids is 1. The highest BCUT2D eigenvalue weighted by Crippen LogP contribution is 2.24. The molecule has 120 valence electrons. The largest absolute Gasteiger partial charge is 0.481 e. The van der Waals surface area contributed by atoms with E-state index in [0.717, 1.165) is 0 Å². The topological polar surface area (TPSA) is 86.7 Å². The fraction of sp³-hybridized carbons (Fsp3) is 0.800. The minimum atomic E-state index is -0.915. The lowest BCUT2D eigenvalue weighted by Gasteiger charge is -2.34. The van der Waals surface area contributed by atoms with Crippen LogP contribution in [0.15, 0.2) is 0 Å². The molecule has 1 heterocycles. The van der Waals surface area contributed by atoms with Crippen molar-refractivity contribution in [3.8, 4) is 0 Å².